The van der Waals surface area contributed by atoms with E-state index in [-0.39, 0.29) is 17.4 Å². The molecule has 1 rings (SSSR count). The average Bonchev–Trinajstić information content (AvgIpc) is 2.16. The molecule has 0 radical (unpaired) electrons. The van der Waals surface area contributed by atoms with Crippen molar-refractivity contribution in [3.05, 3.63) is 17.6 Å². The van der Waals surface area contributed by atoms with Crippen molar-refractivity contribution in [1.82, 2.24) is 9.97 Å². The fourth-order valence-electron chi connectivity index (χ4n) is 0.914. The summed E-state index contributed by atoms with van der Waals surface area (Å²) in [6, 6.07) is 3.84. The Morgan fingerprint density at radius 3 is 2.43 bits per heavy atom. The molecular formula is C9H9N5. The van der Waals surface area contributed by atoms with E-state index in [2.05, 4.69) is 15.3 Å². The molecule has 14 heavy (non-hydrogen) atoms. The highest BCUT2D eigenvalue weighted by molar-refractivity contribution is 5.42. The second-order valence-electron chi connectivity index (χ2n) is 2.98. The van der Waals surface area contributed by atoms with Gasteiger partial charge < -0.3 is 5.32 Å². The molecule has 70 valence electrons. The van der Waals surface area contributed by atoms with Crippen molar-refractivity contribution in [3.63, 3.8) is 0 Å². The molecule has 1 aromatic heterocycles. The number of nitrogens with one attached hydrogen (secondary N) is 1. The fraction of sp³-hybridized carbons (Fsp3) is 0.333. The van der Waals surface area contributed by atoms with Crippen molar-refractivity contribution >= 4 is 5.82 Å². The number of rotatable bonds is 2. The molecule has 1 N–H and O–H groups in total. The van der Waals surface area contributed by atoms with Gasteiger partial charge in [0.1, 0.15) is 18.0 Å². The number of aromatic nitrogens is 2. The first-order chi connectivity index (χ1) is 6.67. The van der Waals surface area contributed by atoms with E-state index in [0.29, 0.717) is 5.82 Å². The number of nitrogens with zero attached hydrogens (tertiary/aromatic N) is 4. The van der Waals surface area contributed by atoms with E-state index < -0.39 is 0 Å². The van der Waals surface area contributed by atoms with E-state index in [1.165, 1.54) is 6.20 Å². The third-order valence-electron chi connectivity index (χ3n) is 1.42. The zero-order valence-electron chi connectivity index (χ0n) is 7.94. The van der Waals surface area contributed by atoms with Gasteiger partial charge in [0, 0.05) is 6.04 Å². The van der Waals surface area contributed by atoms with Gasteiger partial charge in [-0.3, -0.25) is 0 Å². The molecule has 0 aliphatic rings. The van der Waals surface area contributed by atoms with Crippen LogP contribution in [0.1, 0.15) is 25.2 Å². The van der Waals surface area contributed by atoms with Crippen molar-refractivity contribution < 1.29 is 0 Å². The molecule has 0 spiro atoms. The van der Waals surface area contributed by atoms with Crippen LogP contribution < -0.4 is 5.32 Å². The molecule has 0 aliphatic carbocycles. The van der Waals surface area contributed by atoms with E-state index in [1.54, 1.807) is 6.07 Å². The molecule has 0 aromatic carbocycles. The zero-order chi connectivity index (χ0) is 10.6. The first kappa shape index (κ1) is 9.94. The van der Waals surface area contributed by atoms with Gasteiger partial charge in [0.15, 0.2) is 11.4 Å². The van der Waals surface area contributed by atoms with Crippen LogP contribution in [0.3, 0.4) is 0 Å². The van der Waals surface area contributed by atoms with Gasteiger partial charge in [-0.25, -0.2) is 9.97 Å². The van der Waals surface area contributed by atoms with E-state index in [0.717, 1.165) is 0 Å². The van der Waals surface area contributed by atoms with Crippen molar-refractivity contribution in [1.29, 1.82) is 10.5 Å². The number of anilines is 1. The van der Waals surface area contributed by atoms with E-state index >= 15 is 0 Å². The minimum absolute atomic E-state index is 0.0538. The highest BCUT2D eigenvalue weighted by Gasteiger charge is 2.06. The van der Waals surface area contributed by atoms with Gasteiger partial charge in [-0.05, 0) is 13.8 Å². The molecule has 0 aliphatic heterocycles. The van der Waals surface area contributed by atoms with Gasteiger partial charge in [-0.2, -0.15) is 10.5 Å². The summed E-state index contributed by atoms with van der Waals surface area (Å²) in [4.78, 5) is 7.76. The fourth-order valence-corrected chi connectivity index (χ4v) is 0.914. The number of hydrogen-bond donors (Lipinski definition) is 1. The molecule has 0 amide bonds. The predicted molar refractivity (Wildman–Crippen MR) is 50.2 cm³/mol. The second kappa shape index (κ2) is 4.20. The molecule has 0 unspecified atom stereocenters. The lowest BCUT2D eigenvalue weighted by Gasteiger charge is -2.07. The Morgan fingerprint density at radius 1 is 1.29 bits per heavy atom. The van der Waals surface area contributed by atoms with E-state index in [1.807, 2.05) is 19.9 Å². The maximum absolute atomic E-state index is 8.68. The lowest BCUT2D eigenvalue weighted by molar-refractivity contribution is 0.883. The van der Waals surface area contributed by atoms with Crippen LogP contribution in [0.25, 0.3) is 0 Å². The minimum Gasteiger partial charge on any atom is -0.367 e. The Kier molecular flexibility index (Phi) is 2.98. The second-order valence-corrected chi connectivity index (χ2v) is 2.98. The third kappa shape index (κ3) is 2.18. The van der Waals surface area contributed by atoms with Crippen molar-refractivity contribution in [2.45, 2.75) is 19.9 Å². The third-order valence-corrected chi connectivity index (χ3v) is 1.42. The van der Waals surface area contributed by atoms with Crippen LogP contribution in [0.15, 0.2) is 6.20 Å². The molecule has 0 saturated carbocycles. The zero-order valence-corrected chi connectivity index (χ0v) is 7.94. The van der Waals surface area contributed by atoms with Crippen LogP contribution in [-0.2, 0) is 0 Å². The lowest BCUT2D eigenvalue weighted by Crippen LogP contribution is -2.12. The summed E-state index contributed by atoms with van der Waals surface area (Å²) < 4.78 is 0. The first-order valence-corrected chi connectivity index (χ1v) is 4.11. The van der Waals surface area contributed by atoms with Crippen molar-refractivity contribution in [2.24, 2.45) is 0 Å². The Balaban J connectivity index is 3.05. The van der Waals surface area contributed by atoms with Gasteiger partial charge in [-0.15, -0.1) is 0 Å². The predicted octanol–water partition coefficient (Wildman–Crippen LogP) is 1.04. The summed E-state index contributed by atoms with van der Waals surface area (Å²) in [5, 5.41) is 20.3. The quantitative estimate of drug-likeness (QED) is 0.747. The van der Waals surface area contributed by atoms with Gasteiger partial charge in [0.2, 0.25) is 0 Å². The minimum atomic E-state index is 0.0538. The SMILES string of the molecule is CC(C)Nc1cnc(C#N)c(C#N)n1. The van der Waals surface area contributed by atoms with Gasteiger partial charge >= 0.3 is 0 Å². The Labute approximate surface area is 82.0 Å². The average molecular weight is 187 g/mol. The summed E-state index contributed by atoms with van der Waals surface area (Å²) in [5.74, 6) is 0.510. The summed E-state index contributed by atoms with van der Waals surface area (Å²) >= 11 is 0. The summed E-state index contributed by atoms with van der Waals surface area (Å²) in [6.45, 7) is 3.90. The van der Waals surface area contributed by atoms with Crippen molar-refractivity contribution in [2.75, 3.05) is 5.32 Å². The smallest absolute Gasteiger partial charge is 0.179 e. The van der Waals surface area contributed by atoms with E-state index in [4.69, 9.17) is 10.5 Å². The van der Waals surface area contributed by atoms with Crippen LogP contribution in [0.2, 0.25) is 0 Å². The molecule has 5 nitrogen and oxygen atoms in total. The summed E-state index contributed by atoms with van der Waals surface area (Å²) in [7, 11) is 0. The van der Waals surface area contributed by atoms with Gasteiger partial charge in [0.25, 0.3) is 0 Å². The topological polar surface area (TPSA) is 85.4 Å². The molecule has 0 fully saturated rings. The highest BCUT2D eigenvalue weighted by Crippen LogP contribution is 2.06. The maximum Gasteiger partial charge on any atom is 0.179 e. The Morgan fingerprint density at radius 2 is 1.93 bits per heavy atom. The first-order valence-electron chi connectivity index (χ1n) is 4.11. The Hall–Kier alpha value is -2.14. The monoisotopic (exact) mass is 187 g/mol. The normalized spacial score (nSPS) is 9.21. The molecular weight excluding hydrogens is 178 g/mol. The molecule has 0 saturated heterocycles. The maximum atomic E-state index is 8.68. The number of nitriles is 2. The molecule has 5 heteroatoms. The molecule has 1 aromatic rings. The standard InChI is InChI=1S/C9H9N5/c1-6(2)13-9-5-12-7(3-10)8(4-11)14-9/h5-6H,1-2H3,(H,13,14). The van der Waals surface area contributed by atoms with Crippen LogP contribution in [0.4, 0.5) is 5.82 Å². The van der Waals surface area contributed by atoms with Crippen LogP contribution in [0.5, 0.6) is 0 Å². The highest BCUT2D eigenvalue weighted by atomic mass is 15.0. The Bertz CT molecular complexity index is 410. The van der Waals surface area contributed by atoms with Crippen LogP contribution in [0, 0.1) is 22.7 Å². The van der Waals surface area contributed by atoms with Crippen LogP contribution in [-0.4, -0.2) is 16.0 Å². The van der Waals surface area contributed by atoms with Gasteiger partial charge in [0.05, 0.1) is 6.20 Å². The van der Waals surface area contributed by atoms with Crippen LogP contribution >= 0.6 is 0 Å². The van der Waals surface area contributed by atoms with Crippen molar-refractivity contribution in [3.8, 4) is 12.1 Å². The summed E-state index contributed by atoms with van der Waals surface area (Å²) in [6.07, 6.45) is 1.44. The van der Waals surface area contributed by atoms with Gasteiger partial charge in [-0.1, -0.05) is 0 Å². The lowest BCUT2D eigenvalue weighted by atomic mass is 10.3. The largest absolute Gasteiger partial charge is 0.367 e. The molecule has 0 atom stereocenters. The molecule has 0 bridgehead atoms. The summed E-state index contributed by atoms with van der Waals surface area (Å²) in [5.41, 5.74) is 0.111. The number of hydrogen-bond acceptors (Lipinski definition) is 5. The molecule has 1 heterocycles. The van der Waals surface area contributed by atoms with E-state index in [9.17, 15) is 0 Å².